The molecule has 2 aliphatic rings. The Morgan fingerprint density at radius 2 is 1.69 bits per heavy atom. The second kappa shape index (κ2) is 29.1. The van der Waals surface area contributed by atoms with E-state index < -0.39 is 24.6 Å². The van der Waals surface area contributed by atoms with Crippen molar-refractivity contribution >= 4 is 40.6 Å². The molecule has 374 valence electrons. The van der Waals surface area contributed by atoms with Crippen molar-refractivity contribution in [2.45, 2.75) is 106 Å². The number of amides is 3. The van der Waals surface area contributed by atoms with Crippen LogP contribution in [0.3, 0.4) is 0 Å². The van der Waals surface area contributed by atoms with E-state index in [0.29, 0.717) is 64.9 Å². The lowest BCUT2D eigenvalue weighted by atomic mass is 10.0. The number of aliphatic hydroxyl groups excluding tert-OH is 1. The summed E-state index contributed by atoms with van der Waals surface area (Å²) in [6, 6.07) is 10.0. The molecular weight excluding hydrogens is 888 g/mol. The summed E-state index contributed by atoms with van der Waals surface area (Å²) in [5.74, 6) is 2.49. The predicted octanol–water partition coefficient (Wildman–Crippen LogP) is 9.11. The van der Waals surface area contributed by atoms with Gasteiger partial charge in [0.1, 0.15) is 41.8 Å². The number of likely N-dealkylation sites (tertiary alicyclic amines) is 1. The summed E-state index contributed by atoms with van der Waals surface area (Å²) in [6.45, 7) is 17.8. The van der Waals surface area contributed by atoms with E-state index in [1.54, 1.807) is 34.0 Å². The van der Waals surface area contributed by atoms with Crippen molar-refractivity contribution in [3.05, 3.63) is 79.0 Å². The van der Waals surface area contributed by atoms with Gasteiger partial charge in [-0.1, -0.05) is 67.5 Å². The zero-order valence-corrected chi connectivity index (χ0v) is 42.2. The Bertz CT molecular complexity index is 2330. The number of aromatic amines is 3. The molecule has 18 heteroatoms. The van der Waals surface area contributed by atoms with Crippen LogP contribution in [-0.2, 0) is 20.9 Å². The number of aliphatic hydroxyl groups is 1. The van der Waals surface area contributed by atoms with Gasteiger partial charge in [0.15, 0.2) is 0 Å². The van der Waals surface area contributed by atoms with Crippen LogP contribution in [0.15, 0.2) is 61.6 Å². The number of nitrogens with zero attached hydrogens (tertiary/aromatic N) is 4. The van der Waals surface area contributed by atoms with Crippen LogP contribution < -0.4 is 21.5 Å². The van der Waals surface area contributed by atoms with Crippen molar-refractivity contribution in [2.75, 3.05) is 45.5 Å². The van der Waals surface area contributed by atoms with Crippen molar-refractivity contribution < 1.29 is 33.4 Å². The highest BCUT2D eigenvalue weighted by Crippen LogP contribution is 2.40. The monoisotopic (exact) mass is 963 g/mol. The number of carbonyl (C=O) groups is 3. The van der Waals surface area contributed by atoms with Gasteiger partial charge in [0.05, 0.1) is 54.7 Å². The van der Waals surface area contributed by atoms with E-state index in [-0.39, 0.29) is 30.3 Å². The molecule has 7 rings (SSSR count). The van der Waals surface area contributed by atoms with Crippen LogP contribution >= 0.6 is 11.8 Å². The fourth-order valence-electron chi connectivity index (χ4n) is 7.45. The van der Waals surface area contributed by atoms with Gasteiger partial charge >= 0.3 is 6.09 Å². The van der Waals surface area contributed by atoms with Crippen molar-refractivity contribution in [1.29, 1.82) is 0 Å². The zero-order valence-electron chi connectivity index (χ0n) is 41.4. The lowest BCUT2D eigenvalue weighted by molar-refractivity contribution is -0.135. The molecule has 2 aromatic carbocycles. The third kappa shape index (κ3) is 15.6. The Labute approximate surface area is 405 Å². The van der Waals surface area contributed by atoms with Crippen LogP contribution in [0.25, 0.3) is 44.7 Å². The first-order valence-electron chi connectivity index (χ1n) is 23.6. The predicted molar refractivity (Wildman–Crippen MR) is 272 cm³/mol. The Morgan fingerprint density at radius 3 is 2.32 bits per heavy atom. The van der Waals surface area contributed by atoms with Crippen LogP contribution in [-0.4, -0.2) is 109 Å². The Hall–Kier alpha value is -5.85. The van der Waals surface area contributed by atoms with Gasteiger partial charge in [0.25, 0.3) is 0 Å². The van der Waals surface area contributed by atoms with Crippen LogP contribution in [0, 0.1) is 17.7 Å². The molecule has 0 bridgehead atoms. The van der Waals surface area contributed by atoms with Gasteiger partial charge in [-0.25, -0.2) is 19.2 Å². The number of thioether (sulfide) groups is 1. The first-order valence-corrected chi connectivity index (χ1v) is 24.8. The van der Waals surface area contributed by atoms with Crippen LogP contribution in [0.5, 0.6) is 5.75 Å². The summed E-state index contributed by atoms with van der Waals surface area (Å²) in [5, 5.41) is 13.0. The van der Waals surface area contributed by atoms with Gasteiger partial charge in [-0.2, -0.15) is 0 Å². The molecule has 2 fully saturated rings. The number of imidazole rings is 2. The normalized spacial score (nSPS) is 14.2. The Kier molecular flexibility index (Phi) is 24.2. The second-order valence-corrected chi connectivity index (χ2v) is 17.3. The number of rotatable bonds is 17. The second-order valence-electron chi connectivity index (χ2n) is 16.3. The number of nitrogens with one attached hydrogen (secondary N) is 4. The van der Waals surface area contributed by atoms with Crippen LogP contribution in [0.1, 0.15) is 105 Å². The van der Waals surface area contributed by atoms with E-state index in [2.05, 4.69) is 62.1 Å². The quantitative estimate of drug-likeness (QED) is 0.0343. The summed E-state index contributed by atoms with van der Waals surface area (Å²) in [6.07, 6.45) is 9.92. The molecule has 2 unspecified atom stereocenters. The summed E-state index contributed by atoms with van der Waals surface area (Å²) >= 11 is 1.69. The number of H-pyrrole nitrogens is 3. The summed E-state index contributed by atoms with van der Waals surface area (Å²) in [7, 11) is 2.77. The van der Waals surface area contributed by atoms with E-state index in [1.165, 1.54) is 45.7 Å². The van der Waals surface area contributed by atoms with Gasteiger partial charge in [-0.05, 0) is 93.3 Å². The molecular formula is C50H75FN10O6S. The zero-order chi connectivity index (χ0) is 50.3. The molecule has 1 saturated heterocycles. The van der Waals surface area contributed by atoms with Gasteiger partial charge < -0.3 is 56.1 Å². The number of benzene rings is 2. The topological polar surface area (TPSA) is 234 Å². The fraction of sp³-hybridized carbons (Fsp3) is 0.500. The maximum Gasteiger partial charge on any atom is 0.407 e. The minimum atomic E-state index is -0.746. The SMILES string of the molecule is C=CN.CC.CCC.CCCN(Cc1ncc(-c2ccc3[nH]c(-c4c(F)cc(-c5cnc(C6CCCN6C(=O)CO)[nH]5)cc4OCSCC4CC4)cc3c2)[nH]1)C(=O)C(NC(=O)OC)C(C)C.CN. The van der Waals surface area contributed by atoms with Crippen molar-refractivity contribution in [3.8, 4) is 39.5 Å². The number of hydrogen-bond acceptors (Lipinski definition) is 11. The Morgan fingerprint density at radius 1 is 1.01 bits per heavy atom. The molecule has 0 spiro atoms. The number of aromatic nitrogens is 5. The first kappa shape index (κ1) is 56.5. The number of ether oxygens (including phenoxy) is 2. The minimum Gasteiger partial charge on any atom is -0.482 e. The van der Waals surface area contributed by atoms with E-state index >= 15 is 4.39 Å². The highest BCUT2D eigenvalue weighted by Gasteiger charge is 2.32. The number of nitrogens with two attached hydrogens (primary N) is 2. The molecule has 0 radical (unpaired) electrons. The van der Waals surface area contributed by atoms with Gasteiger partial charge in [-0.3, -0.25) is 9.59 Å². The number of alkyl carbamates (subject to hydrolysis) is 1. The van der Waals surface area contributed by atoms with Crippen molar-refractivity contribution in [3.63, 3.8) is 0 Å². The summed E-state index contributed by atoms with van der Waals surface area (Å²) in [5.41, 5.74) is 13.6. The molecule has 4 heterocycles. The third-order valence-corrected chi connectivity index (χ3v) is 11.7. The number of methoxy groups -OCH3 is 1. The molecule has 3 amide bonds. The average molecular weight is 963 g/mol. The number of hydrogen-bond donors (Lipinski definition) is 7. The van der Waals surface area contributed by atoms with E-state index in [1.807, 2.05) is 65.0 Å². The smallest absolute Gasteiger partial charge is 0.407 e. The number of carbonyl (C=O) groups excluding carboxylic acids is 3. The highest BCUT2D eigenvalue weighted by atomic mass is 32.2. The third-order valence-electron chi connectivity index (χ3n) is 10.7. The van der Waals surface area contributed by atoms with Crippen LogP contribution in [0.4, 0.5) is 9.18 Å². The fourth-order valence-corrected chi connectivity index (χ4v) is 8.42. The van der Waals surface area contributed by atoms with Crippen molar-refractivity contribution in [1.82, 2.24) is 40.0 Å². The molecule has 9 N–H and O–H groups in total. The lowest BCUT2D eigenvalue weighted by Gasteiger charge is -2.28. The van der Waals surface area contributed by atoms with E-state index in [4.69, 9.17) is 9.47 Å². The first-order chi connectivity index (χ1) is 32.9. The number of halogens is 1. The van der Waals surface area contributed by atoms with Gasteiger partial charge in [0.2, 0.25) is 11.8 Å². The summed E-state index contributed by atoms with van der Waals surface area (Å²) < 4.78 is 27.5. The van der Waals surface area contributed by atoms with E-state index in [9.17, 15) is 19.5 Å². The molecule has 16 nitrogen and oxygen atoms in total. The number of fused-ring (bicyclic) bond motifs is 1. The molecule has 5 aromatic rings. The molecule has 68 heavy (non-hydrogen) atoms. The highest BCUT2D eigenvalue weighted by molar-refractivity contribution is 7.99. The maximum absolute atomic E-state index is 16.4. The average Bonchev–Trinajstić information content (AvgIpc) is 3.78. The molecule has 1 saturated carbocycles. The lowest BCUT2D eigenvalue weighted by Crippen LogP contribution is -2.51. The molecule has 2 atom stereocenters. The van der Waals surface area contributed by atoms with Gasteiger partial charge in [0, 0.05) is 35.1 Å². The minimum absolute atomic E-state index is 0.152. The maximum atomic E-state index is 16.4. The molecule has 1 aliphatic heterocycles. The largest absolute Gasteiger partial charge is 0.482 e. The standard InChI is InChI=1S/C42H51FN8O6S.C3H8.C2H5N.C2H6.CH5N/c1-5-12-50(41(54)39(24(2)3)49-42(55)56-4)20-36-44-18-32(47-36)26-10-11-30-27(14-26)16-31(46-30)38-29(43)15-28(17-35(38)57-23-58-22-25-8-9-25)33-19-45-40(48-33)34-7-6-13-51(34)37(53)21-52;1-3-2;1-2-3;2*1-2/h10-11,14-19,24-25,34,39,46,52H,5-9,12-13,20-23H2,1-4H3,(H,44,47)(H,45,48)(H,49,55);3H2,1-2H3;2H,1,3H2;1-2H3;2H2,1H3. The van der Waals surface area contributed by atoms with Crippen LogP contribution in [0.2, 0.25) is 0 Å². The van der Waals surface area contributed by atoms with E-state index in [0.717, 1.165) is 47.2 Å². The molecule has 3 aromatic heterocycles. The Balaban J connectivity index is 0.00000114. The van der Waals surface area contributed by atoms with Crippen molar-refractivity contribution in [2.24, 2.45) is 23.3 Å². The van der Waals surface area contributed by atoms with Gasteiger partial charge in [-0.15, -0.1) is 11.8 Å². The summed E-state index contributed by atoms with van der Waals surface area (Å²) in [4.78, 5) is 60.4. The molecule has 1 aliphatic carbocycles.